The molecule has 0 bridgehead atoms. The van der Waals surface area contributed by atoms with E-state index in [0.29, 0.717) is 0 Å². The van der Waals surface area contributed by atoms with Crippen molar-refractivity contribution in [2.45, 2.75) is 104 Å². The van der Waals surface area contributed by atoms with Crippen molar-refractivity contribution in [3.63, 3.8) is 0 Å². The summed E-state index contributed by atoms with van der Waals surface area (Å²) in [6, 6.07) is 1.82. The molecule has 0 aromatic rings. The Hall–Kier alpha value is 2.48. The minimum Gasteiger partial charge on any atom is -0.300 e. The van der Waals surface area contributed by atoms with Crippen LogP contribution in [0.25, 0.3) is 0 Å². The van der Waals surface area contributed by atoms with Gasteiger partial charge in [0, 0.05) is 87.6 Å². The Bertz CT molecular complexity index is 186. The summed E-state index contributed by atoms with van der Waals surface area (Å²) >= 11 is 0. The molecular weight excluding hydrogens is 310 g/mol. The minimum absolute atomic E-state index is 0. The summed E-state index contributed by atoms with van der Waals surface area (Å²) in [4.78, 5) is 2.73. The molecule has 3 heteroatoms. The van der Waals surface area contributed by atoms with Gasteiger partial charge in [0.05, 0.1) is 0 Å². The fourth-order valence-electron chi connectivity index (χ4n) is 3.44. The van der Waals surface area contributed by atoms with Gasteiger partial charge in [0.25, 0.3) is 0 Å². The first-order valence-electron chi connectivity index (χ1n) is 8.99. The molecule has 0 N–H and O–H groups in total. The molecule has 0 aromatic heterocycles. The van der Waals surface area contributed by atoms with Crippen molar-refractivity contribution in [3.05, 3.63) is 0 Å². The van der Waals surface area contributed by atoms with Gasteiger partial charge in [-0.3, -0.25) is 0 Å². The van der Waals surface area contributed by atoms with Crippen molar-refractivity contribution in [2.24, 2.45) is 5.92 Å². The molecule has 0 atom stereocenters. The van der Waals surface area contributed by atoms with E-state index in [1.807, 2.05) is 27.7 Å². The van der Waals surface area contributed by atoms with E-state index < -0.39 is 0 Å². The summed E-state index contributed by atoms with van der Waals surface area (Å²) in [5, 5.41) is 0. The van der Waals surface area contributed by atoms with Gasteiger partial charge in [0.1, 0.15) is 0 Å². The number of nitrogens with zero attached hydrogens (tertiary/aromatic N) is 1. The Balaban J connectivity index is -0.000000499. The second-order valence-corrected chi connectivity index (χ2v) is 5.87. The van der Waals surface area contributed by atoms with Crippen molar-refractivity contribution in [3.8, 4) is 0 Å². The van der Waals surface area contributed by atoms with Crippen LogP contribution >= 0.6 is 0 Å². The van der Waals surface area contributed by atoms with Crippen LogP contribution in [0.1, 0.15) is 92.4 Å². The van der Waals surface area contributed by atoms with Crippen LogP contribution in [0.2, 0.25) is 0 Å². The molecule has 0 aromatic carbocycles. The Morgan fingerprint density at radius 2 is 1.00 bits per heavy atom. The fraction of sp³-hybridized carbons (Fsp3) is 1.00. The standard InChI is InChI=1S/C14H27N.2C2H6.2Ar/c1-12-8-10-14(11-9-12)15(2)13-6-4-3-5-7-13;2*1-2;;/h12-14H,3-11H2,1-2H3;2*1-2H3;;. The van der Waals surface area contributed by atoms with Crippen molar-refractivity contribution >= 4 is 0 Å². The molecule has 2 aliphatic rings. The third-order valence-corrected chi connectivity index (χ3v) is 4.71. The molecule has 0 radical (unpaired) electrons. The molecule has 1 nitrogen and oxygen atoms in total. The maximum absolute atomic E-state index is 2.73. The van der Waals surface area contributed by atoms with Crippen LogP contribution in [0.4, 0.5) is 0 Å². The molecule has 0 amide bonds. The van der Waals surface area contributed by atoms with E-state index in [9.17, 15) is 0 Å². The average molecular weight is 349 g/mol. The van der Waals surface area contributed by atoms with Gasteiger partial charge in [-0.25, -0.2) is 0 Å². The maximum atomic E-state index is 2.73. The third kappa shape index (κ3) is 11.6. The van der Waals surface area contributed by atoms with Gasteiger partial charge in [-0.2, -0.15) is 0 Å². The van der Waals surface area contributed by atoms with Gasteiger partial charge >= 0.3 is 0 Å². The predicted molar refractivity (Wildman–Crippen MR) is 88.8 cm³/mol. The van der Waals surface area contributed by atoms with E-state index in [-0.39, 0.29) is 75.5 Å². The Kier molecular flexibility index (Phi) is 25.3. The Morgan fingerprint density at radius 1 is 0.619 bits per heavy atom. The van der Waals surface area contributed by atoms with E-state index in [1.165, 1.54) is 57.8 Å². The molecule has 0 saturated heterocycles. The second kappa shape index (κ2) is 18.8. The first-order valence-corrected chi connectivity index (χ1v) is 8.99. The number of hydrogen-bond acceptors (Lipinski definition) is 1. The van der Waals surface area contributed by atoms with E-state index in [4.69, 9.17) is 0 Å². The molecular formula is C18H39Ar2N. The maximum Gasteiger partial charge on any atom is 0.00953 e. The van der Waals surface area contributed by atoms with Crippen LogP contribution in [0.5, 0.6) is 0 Å². The summed E-state index contributed by atoms with van der Waals surface area (Å²) in [5.41, 5.74) is 0. The average Bonchev–Trinajstić information content (AvgIpc) is 2.52. The van der Waals surface area contributed by atoms with E-state index in [2.05, 4.69) is 18.9 Å². The predicted octanol–water partition coefficient (Wildman–Crippen LogP) is 5.88. The van der Waals surface area contributed by atoms with Gasteiger partial charge in [0.2, 0.25) is 0 Å². The molecule has 132 valence electrons. The Morgan fingerprint density at radius 3 is 1.43 bits per heavy atom. The van der Waals surface area contributed by atoms with E-state index in [1.54, 1.807) is 0 Å². The van der Waals surface area contributed by atoms with Gasteiger partial charge in [0.15, 0.2) is 0 Å². The van der Waals surface area contributed by atoms with Crippen molar-refractivity contribution in [1.29, 1.82) is 0 Å². The van der Waals surface area contributed by atoms with Crippen LogP contribution in [-0.4, -0.2) is 24.0 Å². The number of hydrogen-bond donors (Lipinski definition) is 0. The smallest absolute Gasteiger partial charge is 0.00953 e. The fourth-order valence-corrected chi connectivity index (χ4v) is 3.44. The first-order chi connectivity index (χ1) is 9.27. The van der Waals surface area contributed by atoms with Gasteiger partial charge in [-0.1, -0.05) is 53.9 Å². The van der Waals surface area contributed by atoms with E-state index in [0.717, 1.165) is 18.0 Å². The van der Waals surface area contributed by atoms with Crippen LogP contribution in [0, 0.1) is 81.4 Å². The quantitative estimate of drug-likeness (QED) is 0.601. The van der Waals surface area contributed by atoms with Crippen LogP contribution in [-0.2, 0) is 0 Å². The van der Waals surface area contributed by atoms with Gasteiger partial charge < -0.3 is 4.90 Å². The van der Waals surface area contributed by atoms with Crippen LogP contribution in [0.3, 0.4) is 0 Å². The zero-order valence-corrected chi connectivity index (χ0v) is 16.7. The summed E-state index contributed by atoms with van der Waals surface area (Å²) in [6.07, 6.45) is 13.2. The summed E-state index contributed by atoms with van der Waals surface area (Å²) in [7, 11) is 2.39. The molecule has 2 aliphatic carbocycles. The summed E-state index contributed by atoms with van der Waals surface area (Å²) in [5.74, 6) is 0.987. The third-order valence-electron chi connectivity index (χ3n) is 4.71. The SMILES string of the molecule is CC.CC.CC1CCC(N(C)C2CCCCC2)CC1.[Ar].[Ar]. The molecule has 2 rings (SSSR count). The molecule has 0 aliphatic heterocycles. The van der Waals surface area contributed by atoms with Gasteiger partial charge in [-0.05, 0) is 51.5 Å². The number of rotatable bonds is 2. The Labute approximate surface area is 195 Å². The largest absolute Gasteiger partial charge is 0.300 e. The van der Waals surface area contributed by atoms with Crippen LogP contribution < -0.4 is 0 Å². The molecule has 0 heterocycles. The normalized spacial score (nSPS) is 25.3. The van der Waals surface area contributed by atoms with E-state index >= 15 is 0 Å². The minimum atomic E-state index is 0. The molecule has 0 unspecified atom stereocenters. The van der Waals surface area contributed by atoms with Crippen molar-refractivity contribution in [1.82, 2.24) is 4.90 Å². The van der Waals surface area contributed by atoms with Crippen molar-refractivity contribution in [2.75, 3.05) is 7.05 Å². The summed E-state index contributed by atoms with van der Waals surface area (Å²) < 4.78 is 0. The topological polar surface area (TPSA) is 3.24 Å². The first kappa shape index (κ1) is 28.3. The zero-order chi connectivity index (χ0) is 14.7. The molecule has 21 heavy (non-hydrogen) atoms. The molecule has 2 fully saturated rings. The van der Waals surface area contributed by atoms with Crippen molar-refractivity contribution < 1.29 is 75.5 Å². The van der Waals surface area contributed by atoms with Crippen LogP contribution in [0.15, 0.2) is 0 Å². The van der Waals surface area contributed by atoms with Gasteiger partial charge in [-0.15, -0.1) is 0 Å². The monoisotopic (exact) mass is 349 g/mol. The second-order valence-electron chi connectivity index (χ2n) is 5.87. The molecule has 0 spiro atoms. The zero-order valence-electron chi connectivity index (χ0n) is 15.3. The molecule has 2 saturated carbocycles. The summed E-state index contributed by atoms with van der Waals surface area (Å²) in [6.45, 7) is 10.4.